The number of benzene rings is 1. The molecule has 0 unspecified atom stereocenters. The van der Waals surface area contributed by atoms with Crippen molar-refractivity contribution in [3.8, 4) is 5.75 Å². The number of carbonyl (C=O) groups is 1. The molecule has 0 amide bonds. The normalized spacial score (nSPS) is 18.5. The molecular formula is C18H27BO5. The predicted octanol–water partition coefficient (Wildman–Crippen LogP) is 2.95. The summed E-state index contributed by atoms with van der Waals surface area (Å²) in [6.07, 6.45) is 1.94. The molecule has 6 heteroatoms. The molecule has 0 aromatic heterocycles. The fourth-order valence-corrected chi connectivity index (χ4v) is 2.39. The number of esters is 1. The average Bonchev–Trinajstić information content (AvgIpc) is 2.75. The maximum Gasteiger partial charge on any atom is 0.494 e. The Kier molecular flexibility index (Phi) is 5.61. The van der Waals surface area contributed by atoms with Crippen molar-refractivity contribution in [2.24, 2.45) is 0 Å². The second kappa shape index (κ2) is 7.15. The summed E-state index contributed by atoms with van der Waals surface area (Å²) in [5, 5.41) is 0. The second-order valence-corrected chi connectivity index (χ2v) is 7.04. The van der Waals surface area contributed by atoms with E-state index in [4.69, 9.17) is 18.8 Å². The van der Waals surface area contributed by atoms with Crippen molar-refractivity contribution in [3.63, 3.8) is 0 Å². The Labute approximate surface area is 144 Å². The third-order valence-electron chi connectivity index (χ3n) is 4.69. The van der Waals surface area contributed by atoms with Crippen LogP contribution in [0.1, 0.15) is 57.8 Å². The zero-order valence-electron chi connectivity index (χ0n) is 15.5. The average molecular weight is 334 g/mol. The lowest BCUT2D eigenvalue weighted by Gasteiger charge is -2.32. The van der Waals surface area contributed by atoms with Crippen molar-refractivity contribution in [1.29, 1.82) is 0 Å². The number of carbonyl (C=O) groups excluding carboxylic acids is 1. The van der Waals surface area contributed by atoms with E-state index < -0.39 is 24.3 Å². The highest BCUT2D eigenvalue weighted by Gasteiger charge is 2.51. The van der Waals surface area contributed by atoms with Gasteiger partial charge in [-0.15, -0.1) is 0 Å². The molecular weight excluding hydrogens is 307 g/mol. The molecule has 24 heavy (non-hydrogen) atoms. The van der Waals surface area contributed by atoms with Crippen LogP contribution in [-0.4, -0.2) is 38.0 Å². The van der Waals surface area contributed by atoms with Crippen LogP contribution in [0.3, 0.4) is 0 Å². The topological polar surface area (TPSA) is 54.0 Å². The minimum absolute atomic E-state index is 0.411. The molecule has 0 bridgehead atoms. The number of methoxy groups -OCH3 is 1. The van der Waals surface area contributed by atoms with E-state index in [0.717, 1.165) is 18.3 Å². The van der Waals surface area contributed by atoms with Gasteiger partial charge < -0.3 is 18.8 Å². The van der Waals surface area contributed by atoms with Gasteiger partial charge in [-0.2, -0.15) is 0 Å². The summed E-state index contributed by atoms with van der Waals surface area (Å²) in [7, 11) is 0.871. The lowest BCUT2D eigenvalue weighted by atomic mass is 9.78. The maximum atomic E-state index is 11.9. The fourth-order valence-electron chi connectivity index (χ4n) is 2.39. The number of rotatable bonds is 6. The highest BCUT2D eigenvalue weighted by molar-refractivity contribution is 6.62. The molecule has 0 N–H and O–H groups in total. The third-order valence-corrected chi connectivity index (χ3v) is 4.69. The largest absolute Gasteiger partial charge is 0.494 e. The van der Waals surface area contributed by atoms with Gasteiger partial charge >= 0.3 is 13.1 Å². The molecule has 0 atom stereocenters. The molecule has 1 aliphatic rings. The Bertz CT molecular complexity index is 581. The van der Waals surface area contributed by atoms with Gasteiger partial charge in [0.05, 0.1) is 24.9 Å². The number of hydrogen-bond acceptors (Lipinski definition) is 5. The highest BCUT2D eigenvalue weighted by atomic mass is 16.7. The molecule has 1 heterocycles. The van der Waals surface area contributed by atoms with Crippen LogP contribution in [-0.2, 0) is 14.0 Å². The smallest absolute Gasteiger partial charge is 0.493 e. The first-order valence-electron chi connectivity index (χ1n) is 8.42. The summed E-state index contributed by atoms with van der Waals surface area (Å²) in [5.41, 5.74) is 0.408. The van der Waals surface area contributed by atoms with Crippen LogP contribution in [0, 0.1) is 0 Å². The molecule has 0 spiro atoms. The number of hydrogen-bond donors (Lipinski definition) is 0. The van der Waals surface area contributed by atoms with Crippen LogP contribution in [0.4, 0.5) is 0 Å². The lowest BCUT2D eigenvalue weighted by Crippen LogP contribution is -2.41. The number of ether oxygens (including phenoxy) is 2. The summed E-state index contributed by atoms with van der Waals surface area (Å²) in [4.78, 5) is 11.9. The first kappa shape index (κ1) is 18.8. The lowest BCUT2D eigenvalue weighted by molar-refractivity contribution is 0.00578. The summed E-state index contributed by atoms with van der Waals surface area (Å²) in [6, 6.07) is 5.33. The Balaban J connectivity index is 2.29. The third kappa shape index (κ3) is 3.76. The van der Waals surface area contributed by atoms with E-state index in [0.29, 0.717) is 17.9 Å². The van der Waals surface area contributed by atoms with Gasteiger partial charge in [0.15, 0.2) is 0 Å². The van der Waals surface area contributed by atoms with Gasteiger partial charge in [0.1, 0.15) is 11.3 Å². The van der Waals surface area contributed by atoms with E-state index in [1.807, 2.05) is 39.8 Å². The minimum Gasteiger partial charge on any atom is -0.493 e. The Morgan fingerprint density at radius 2 is 1.79 bits per heavy atom. The van der Waals surface area contributed by atoms with Crippen molar-refractivity contribution < 1.29 is 23.6 Å². The van der Waals surface area contributed by atoms with Crippen LogP contribution in [0.15, 0.2) is 18.2 Å². The summed E-state index contributed by atoms with van der Waals surface area (Å²) in [5.74, 6) is 0.0875. The van der Waals surface area contributed by atoms with Crippen LogP contribution in [0.2, 0.25) is 0 Å². The monoisotopic (exact) mass is 334 g/mol. The van der Waals surface area contributed by atoms with E-state index in [2.05, 4.69) is 6.92 Å². The molecule has 1 aromatic carbocycles. The van der Waals surface area contributed by atoms with E-state index in [9.17, 15) is 4.79 Å². The van der Waals surface area contributed by atoms with Crippen LogP contribution in [0.5, 0.6) is 5.75 Å². The van der Waals surface area contributed by atoms with Gasteiger partial charge in [-0.3, -0.25) is 0 Å². The van der Waals surface area contributed by atoms with Gasteiger partial charge in [0.25, 0.3) is 0 Å². The minimum atomic E-state index is -0.491. The maximum absolute atomic E-state index is 11.9. The van der Waals surface area contributed by atoms with E-state index in [-0.39, 0.29) is 0 Å². The molecule has 0 saturated carbocycles. The van der Waals surface area contributed by atoms with Crippen molar-refractivity contribution in [3.05, 3.63) is 23.8 Å². The zero-order chi connectivity index (χ0) is 18.0. The SMILES string of the molecule is CCCCOc1cc(B2OC(C)(C)C(C)(C)O2)ccc1C(=O)OC. The van der Waals surface area contributed by atoms with Gasteiger partial charge in [-0.1, -0.05) is 19.4 Å². The van der Waals surface area contributed by atoms with Gasteiger partial charge in [0.2, 0.25) is 0 Å². The quantitative estimate of drug-likeness (QED) is 0.455. The molecule has 0 aliphatic carbocycles. The summed E-state index contributed by atoms with van der Waals surface area (Å²) >= 11 is 0. The first-order chi connectivity index (χ1) is 11.2. The van der Waals surface area contributed by atoms with Crippen LogP contribution >= 0.6 is 0 Å². The van der Waals surface area contributed by atoms with Crippen molar-refractivity contribution in [2.45, 2.75) is 58.7 Å². The summed E-state index contributed by atoms with van der Waals surface area (Å²) in [6.45, 7) is 10.7. The van der Waals surface area contributed by atoms with Gasteiger partial charge in [-0.05, 0) is 51.7 Å². The molecule has 5 nitrogen and oxygen atoms in total. The Hall–Kier alpha value is -1.53. The first-order valence-corrected chi connectivity index (χ1v) is 8.42. The second-order valence-electron chi connectivity index (χ2n) is 7.04. The van der Waals surface area contributed by atoms with E-state index >= 15 is 0 Å². The molecule has 1 aromatic rings. The molecule has 1 aliphatic heterocycles. The highest BCUT2D eigenvalue weighted by Crippen LogP contribution is 2.36. The Morgan fingerprint density at radius 1 is 1.17 bits per heavy atom. The molecule has 0 radical (unpaired) electrons. The Morgan fingerprint density at radius 3 is 2.33 bits per heavy atom. The van der Waals surface area contributed by atoms with E-state index in [1.165, 1.54) is 7.11 Å². The number of unbranched alkanes of at least 4 members (excludes halogenated alkanes) is 1. The molecule has 2 rings (SSSR count). The van der Waals surface area contributed by atoms with Crippen LogP contribution in [0.25, 0.3) is 0 Å². The summed E-state index contributed by atoms with van der Waals surface area (Å²) < 4.78 is 22.8. The molecule has 1 fully saturated rings. The van der Waals surface area contributed by atoms with Crippen molar-refractivity contribution in [2.75, 3.05) is 13.7 Å². The van der Waals surface area contributed by atoms with Gasteiger partial charge in [0, 0.05) is 0 Å². The van der Waals surface area contributed by atoms with Crippen molar-refractivity contribution >= 4 is 18.6 Å². The van der Waals surface area contributed by atoms with Crippen molar-refractivity contribution in [1.82, 2.24) is 0 Å². The fraction of sp³-hybridized carbons (Fsp3) is 0.611. The zero-order valence-corrected chi connectivity index (χ0v) is 15.5. The van der Waals surface area contributed by atoms with Crippen LogP contribution < -0.4 is 10.2 Å². The van der Waals surface area contributed by atoms with Gasteiger partial charge in [-0.25, -0.2) is 4.79 Å². The predicted molar refractivity (Wildman–Crippen MR) is 93.9 cm³/mol. The van der Waals surface area contributed by atoms with E-state index in [1.54, 1.807) is 6.07 Å². The standard InChI is InChI=1S/C18H27BO5/c1-7-8-11-22-15-12-13(9-10-14(15)16(20)21-6)19-23-17(2,3)18(4,5)24-19/h9-10,12H,7-8,11H2,1-6H3. The molecule has 1 saturated heterocycles. The molecule has 132 valence electrons.